The summed E-state index contributed by atoms with van der Waals surface area (Å²) in [4.78, 5) is 11.3. The van der Waals surface area contributed by atoms with Crippen LogP contribution in [0.3, 0.4) is 0 Å². The largest absolute Gasteiger partial charge is 0.492 e. The summed E-state index contributed by atoms with van der Waals surface area (Å²) in [7, 11) is 0. The maximum Gasteiger partial charge on any atom is 0.240 e. The Hall–Kier alpha value is -1.26. The van der Waals surface area contributed by atoms with Gasteiger partial charge in [-0.05, 0) is 32.0 Å². The summed E-state index contributed by atoms with van der Waals surface area (Å²) in [6.07, 6.45) is 0. The minimum atomic E-state index is -0.551. The average molecular weight is 243 g/mol. The molecule has 1 atom stereocenters. The van der Waals surface area contributed by atoms with E-state index in [1.165, 1.54) is 0 Å². The molecular formula is C11H15ClN2O2. The van der Waals surface area contributed by atoms with E-state index in [4.69, 9.17) is 22.1 Å². The van der Waals surface area contributed by atoms with Gasteiger partial charge in [-0.3, -0.25) is 4.79 Å². The highest BCUT2D eigenvalue weighted by Crippen LogP contribution is 2.27. The minimum absolute atomic E-state index is 0.250. The molecule has 0 aliphatic carbocycles. The van der Waals surface area contributed by atoms with Crippen LogP contribution in [-0.4, -0.2) is 18.6 Å². The molecule has 0 spiro atoms. The Balaban J connectivity index is 2.77. The first-order valence-corrected chi connectivity index (χ1v) is 5.41. The fraction of sp³-hybridized carbons (Fsp3) is 0.364. The van der Waals surface area contributed by atoms with Gasteiger partial charge in [0, 0.05) is 5.69 Å². The molecule has 0 radical (unpaired) electrons. The van der Waals surface area contributed by atoms with Gasteiger partial charge >= 0.3 is 0 Å². The predicted molar refractivity (Wildman–Crippen MR) is 64.9 cm³/mol. The van der Waals surface area contributed by atoms with Crippen molar-refractivity contribution in [3.63, 3.8) is 0 Å². The van der Waals surface area contributed by atoms with Crippen molar-refractivity contribution in [2.45, 2.75) is 19.9 Å². The molecule has 88 valence electrons. The molecule has 0 saturated carbocycles. The zero-order valence-electron chi connectivity index (χ0n) is 9.29. The summed E-state index contributed by atoms with van der Waals surface area (Å²) in [5, 5.41) is 3.11. The van der Waals surface area contributed by atoms with Crippen LogP contribution in [0.5, 0.6) is 5.75 Å². The standard InChI is InChI=1S/C11H15ClN2O2/c1-3-16-10-5-4-8(6-9(10)12)14-11(15)7(2)13/h4-7H,3,13H2,1-2H3,(H,14,15)/t7-/m0/s1. The number of ether oxygens (including phenoxy) is 1. The number of benzene rings is 1. The quantitative estimate of drug-likeness (QED) is 0.849. The van der Waals surface area contributed by atoms with Crippen LogP contribution < -0.4 is 15.8 Å². The van der Waals surface area contributed by atoms with E-state index in [0.29, 0.717) is 23.1 Å². The predicted octanol–water partition coefficient (Wildman–Crippen LogP) is 2.02. The highest BCUT2D eigenvalue weighted by Gasteiger charge is 2.09. The lowest BCUT2D eigenvalue weighted by Crippen LogP contribution is -2.32. The Morgan fingerprint density at radius 2 is 2.31 bits per heavy atom. The molecule has 0 fully saturated rings. The summed E-state index contributed by atoms with van der Waals surface area (Å²) in [5.74, 6) is 0.350. The Labute approximate surface area is 99.7 Å². The lowest BCUT2D eigenvalue weighted by molar-refractivity contribution is -0.117. The van der Waals surface area contributed by atoms with Crippen LogP contribution in [0.25, 0.3) is 0 Å². The van der Waals surface area contributed by atoms with E-state index in [-0.39, 0.29) is 5.91 Å². The lowest BCUT2D eigenvalue weighted by atomic mass is 10.2. The van der Waals surface area contributed by atoms with Crippen LogP contribution in [0.15, 0.2) is 18.2 Å². The van der Waals surface area contributed by atoms with Gasteiger partial charge in [0.15, 0.2) is 0 Å². The van der Waals surface area contributed by atoms with Crippen molar-refractivity contribution >= 4 is 23.2 Å². The van der Waals surface area contributed by atoms with Crippen LogP contribution in [-0.2, 0) is 4.79 Å². The molecule has 0 aliphatic rings. The van der Waals surface area contributed by atoms with Crippen LogP contribution in [0, 0.1) is 0 Å². The third kappa shape index (κ3) is 3.40. The number of halogens is 1. The Morgan fingerprint density at radius 3 is 2.81 bits per heavy atom. The molecular weight excluding hydrogens is 228 g/mol. The highest BCUT2D eigenvalue weighted by atomic mass is 35.5. The Morgan fingerprint density at radius 1 is 1.62 bits per heavy atom. The van der Waals surface area contributed by atoms with E-state index < -0.39 is 6.04 Å². The summed E-state index contributed by atoms with van der Waals surface area (Å²) < 4.78 is 5.27. The second-order valence-corrected chi connectivity index (χ2v) is 3.76. The van der Waals surface area contributed by atoms with Gasteiger partial charge in [0.25, 0.3) is 0 Å². The van der Waals surface area contributed by atoms with Crippen LogP contribution in [0.4, 0.5) is 5.69 Å². The van der Waals surface area contributed by atoms with E-state index >= 15 is 0 Å². The Kier molecular flexibility index (Phi) is 4.58. The van der Waals surface area contributed by atoms with E-state index in [9.17, 15) is 4.79 Å². The number of nitrogens with one attached hydrogen (secondary N) is 1. The highest BCUT2D eigenvalue weighted by molar-refractivity contribution is 6.32. The first kappa shape index (κ1) is 12.8. The van der Waals surface area contributed by atoms with Crippen LogP contribution >= 0.6 is 11.6 Å². The van der Waals surface area contributed by atoms with Crippen molar-refractivity contribution < 1.29 is 9.53 Å². The second kappa shape index (κ2) is 5.72. The van der Waals surface area contributed by atoms with Gasteiger partial charge < -0.3 is 15.8 Å². The van der Waals surface area contributed by atoms with Crippen molar-refractivity contribution in [3.05, 3.63) is 23.2 Å². The fourth-order valence-electron chi connectivity index (χ4n) is 1.11. The molecule has 1 aromatic rings. The van der Waals surface area contributed by atoms with Crippen LogP contribution in [0.2, 0.25) is 5.02 Å². The van der Waals surface area contributed by atoms with E-state index in [2.05, 4.69) is 5.32 Å². The van der Waals surface area contributed by atoms with Gasteiger partial charge in [-0.1, -0.05) is 11.6 Å². The van der Waals surface area contributed by atoms with Crippen molar-refractivity contribution in [2.24, 2.45) is 5.73 Å². The first-order chi connectivity index (χ1) is 7.54. The molecule has 4 nitrogen and oxygen atoms in total. The van der Waals surface area contributed by atoms with Gasteiger partial charge in [-0.2, -0.15) is 0 Å². The minimum Gasteiger partial charge on any atom is -0.492 e. The molecule has 0 aromatic heterocycles. The number of hydrogen-bond acceptors (Lipinski definition) is 3. The molecule has 0 unspecified atom stereocenters. The van der Waals surface area contributed by atoms with E-state index in [1.807, 2.05) is 6.92 Å². The molecule has 1 rings (SSSR count). The summed E-state index contributed by atoms with van der Waals surface area (Å²) >= 11 is 5.96. The molecule has 1 amide bonds. The molecule has 0 aliphatic heterocycles. The summed E-state index contributed by atoms with van der Waals surface area (Å²) in [6.45, 7) is 4.04. The third-order valence-corrected chi connectivity index (χ3v) is 2.21. The van der Waals surface area contributed by atoms with E-state index in [1.54, 1.807) is 25.1 Å². The number of carbonyl (C=O) groups is 1. The number of anilines is 1. The molecule has 0 bridgehead atoms. The van der Waals surface area contributed by atoms with Gasteiger partial charge in [0.2, 0.25) is 5.91 Å². The number of carbonyl (C=O) groups excluding carboxylic acids is 1. The van der Waals surface area contributed by atoms with Gasteiger partial charge in [-0.25, -0.2) is 0 Å². The molecule has 0 heterocycles. The van der Waals surface area contributed by atoms with Crippen molar-refractivity contribution in [3.8, 4) is 5.75 Å². The molecule has 1 aromatic carbocycles. The smallest absolute Gasteiger partial charge is 0.240 e. The maximum atomic E-state index is 11.3. The molecule has 16 heavy (non-hydrogen) atoms. The molecule has 3 N–H and O–H groups in total. The third-order valence-electron chi connectivity index (χ3n) is 1.91. The topological polar surface area (TPSA) is 64.3 Å². The maximum absolute atomic E-state index is 11.3. The van der Waals surface area contributed by atoms with Gasteiger partial charge in [0.05, 0.1) is 17.7 Å². The van der Waals surface area contributed by atoms with Crippen LogP contribution in [0.1, 0.15) is 13.8 Å². The number of hydrogen-bond donors (Lipinski definition) is 2. The van der Waals surface area contributed by atoms with Crippen molar-refractivity contribution in [1.29, 1.82) is 0 Å². The Bertz CT molecular complexity index is 380. The average Bonchev–Trinajstić information content (AvgIpc) is 2.22. The molecule has 0 saturated heterocycles. The zero-order chi connectivity index (χ0) is 12.1. The molecule has 5 heteroatoms. The summed E-state index contributed by atoms with van der Waals surface area (Å²) in [6, 6.07) is 4.51. The van der Waals surface area contributed by atoms with Gasteiger partial charge in [0.1, 0.15) is 5.75 Å². The monoisotopic (exact) mass is 242 g/mol. The van der Waals surface area contributed by atoms with E-state index in [0.717, 1.165) is 0 Å². The first-order valence-electron chi connectivity index (χ1n) is 5.03. The summed E-state index contributed by atoms with van der Waals surface area (Å²) in [5.41, 5.74) is 6.04. The van der Waals surface area contributed by atoms with Crippen molar-refractivity contribution in [1.82, 2.24) is 0 Å². The number of rotatable bonds is 4. The second-order valence-electron chi connectivity index (χ2n) is 3.36. The normalized spacial score (nSPS) is 12.0. The SMILES string of the molecule is CCOc1ccc(NC(=O)[C@H](C)N)cc1Cl. The van der Waals surface area contributed by atoms with Crippen molar-refractivity contribution in [2.75, 3.05) is 11.9 Å². The number of nitrogens with two attached hydrogens (primary N) is 1. The zero-order valence-corrected chi connectivity index (χ0v) is 10.0. The van der Waals surface area contributed by atoms with Gasteiger partial charge in [-0.15, -0.1) is 0 Å². The fourth-order valence-corrected chi connectivity index (χ4v) is 1.34. The lowest BCUT2D eigenvalue weighted by Gasteiger charge is -2.10. The number of amides is 1.